The van der Waals surface area contributed by atoms with Crippen LogP contribution < -0.4 is 0 Å². The number of rotatable bonds is 4. The molecule has 1 heterocycles. The summed E-state index contributed by atoms with van der Waals surface area (Å²) >= 11 is 5.78. The minimum absolute atomic E-state index is 0.0803. The highest BCUT2D eigenvalue weighted by Gasteiger charge is 2.33. The molecule has 0 radical (unpaired) electrons. The Morgan fingerprint density at radius 2 is 2.14 bits per heavy atom. The van der Waals surface area contributed by atoms with Gasteiger partial charge in [0, 0.05) is 19.7 Å². The molecule has 1 fully saturated rings. The number of hydrogen-bond acceptors (Lipinski definition) is 5. The molecule has 0 amide bonds. The highest BCUT2D eigenvalue weighted by Crippen LogP contribution is 2.32. The first-order valence-electron chi connectivity index (χ1n) is 6.25. The molecule has 0 aromatic heterocycles. The average molecular weight is 335 g/mol. The molecular formula is C12H15ClN2O5S. The molecule has 1 aromatic rings. The Labute approximate surface area is 127 Å². The third-order valence-corrected chi connectivity index (χ3v) is 5.87. The van der Waals surface area contributed by atoms with Crippen molar-refractivity contribution in [3.05, 3.63) is 32.8 Å². The average Bonchev–Trinajstić information content (AvgIpc) is 2.90. The molecule has 0 bridgehead atoms. The van der Waals surface area contributed by atoms with Gasteiger partial charge in [-0.1, -0.05) is 11.6 Å². The zero-order valence-corrected chi connectivity index (χ0v) is 13.1. The largest absolute Gasteiger partial charge is 0.380 e. The lowest BCUT2D eigenvalue weighted by Gasteiger charge is -2.23. The van der Waals surface area contributed by atoms with Crippen molar-refractivity contribution < 1.29 is 18.1 Å². The number of aryl methyl sites for hydroxylation is 1. The van der Waals surface area contributed by atoms with Crippen LogP contribution in [-0.2, 0) is 14.8 Å². The Bertz CT molecular complexity index is 670. The molecule has 0 aliphatic carbocycles. The molecule has 2 rings (SSSR count). The van der Waals surface area contributed by atoms with E-state index in [0.717, 1.165) is 6.07 Å². The molecule has 1 aliphatic rings. The van der Waals surface area contributed by atoms with Gasteiger partial charge < -0.3 is 4.74 Å². The zero-order chi connectivity index (χ0) is 15.8. The van der Waals surface area contributed by atoms with Crippen LogP contribution in [0, 0.1) is 17.0 Å². The van der Waals surface area contributed by atoms with Crippen molar-refractivity contribution in [2.24, 2.45) is 0 Å². The summed E-state index contributed by atoms with van der Waals surface area (Å²) in [6.45, 7) is 2.39. The standard InChI is InChI=1S/C12H15ClN2O5S/c1-8-5-10(13)11(15(16)17)6-12(8)21(18,19)14(2)9-3-4-20-7-9/h5-6,9H,3-4,7H2,1-2H3. The Kier molecular flexibility index (Phi) is 4.52. The second-order valence-electron chi connectivity index (χ2n) is 4.86. The zero-order valence-electron chi connectivity index (χ0n) is 11.6. The normalized spacial score (nSPS) is 19.1. The van der Waals surface area contributed by atoms with E-state index in [1.54, 1.807) is 6.92 Å². The number of nitro benzene ring substituents is 1. The van der Waals surface area contributed by atoms with Crippen LogP contribution in [0.25, 0.3) is 0 Å². The SMILES string of the molecule is Cc1cc(Cl)c([N+](=O)[O-])cc1S(=O)(=O)N(C)C1CCOC1. The molecule has 1 saturated heterocycles. The van der Waals surface area contributed by atoms with Crippen molar-refractivity contribution in [1.82, 2.24) is 4.31 Å². The number of hydrogen-bond donors (Lipinski definition) is 0. The summed E-state index contributed by atoms with van der Waals surface area (Å²) in [4.78, 5) is 10.1. The van der Waals surface area contributed by atoms with Gasteiger partial charge in [0.15, 0.2) is 0 Å². The Hall–Kier alpha value is -1.22. The summed E-state index contributed by atoms with van der Waals surface area (Å²) < 4.78 is 31.7. The smallest absolute Gasteiger partial charge is 0.289 e. The minimum Gasteiger partial charge on any atom is -0.380 e. The fraction of sp³-hybridized carbons (Fsp3) is 0.500. The van der Waals surface area contributed by atoms with Crippen LogP contribution in [-0.4, -0.2) is 43.9 Å². The van der Waals surface area contributed by atoms with Gasteiger partial charge in [-0.2, -0.15) is 4.31 Å². The molecule has 1 atom stereocenters. The van der Waals surface area contributed by atoms with Crippen LogP contribution in [0.5, 0.6) is 0 Å². The summed E-state index contributed by atoms with van der Waals surface area (Å²) in [5.74, 6) is 0. The summed E-state index contributed by atoms with van der Waals surface area (Å²) in [5.41, 5.74) is -0.0479. The van der Waals surface area contributed by atoms with E-state index in [-0.39, 0.29) is 16.0 Å². The van der Waals surface area contributed by atoms with Gasteiger partial charge in [0.05, 0.1) is 22.5 Å². The molecule has 1 aromatic carbocycles. The topological polar surface area (TPSA) is 89.8 Å². The van der Waals surface area contributed by atoms with Crippen LogP contribution in [0.1, 0.15) is 12.0 Å². The van der Waals surface area contributed by atoms with E-state index in [1.165, 1.54) is 17.4 Å². The third kappa shape index (κ3) is 3.03. The van der Waals surface area contributed by atoms with Crippen LogP contribution in [0.15, 0.2) is 17.0 Å². The summed E-state index contributed by atoms with van der Waals surface area (Å²) in [6.07, 6.45) is 0.602. The van der Waals surface area contributed by atoms with Gasteiger partial charge >= 0.3 is 0 Å². The van der Waals surface area contributed by atoms with Crippen molar-refractivity contribution in [3.8, 4) is 0 Å². The predicted octanol–water partition coefficient (Wildman–Crippen LogP) is 1.97. The molecule has 0 N–H and O–H groups in total. The van der Waals surface area contributed by atoms with Gasteiger partial charge in [-0.3, -0.25) is 10.1 Å². The van der Waals surface area contributed by atoms with Gasteiger partial charge in [-0.25, -0.2) is 8.42 Å². The molecule has 0 saturated carbocycles. The van der Waals surface area contributed by atoms with Crippen molar-refractivity contribution in [2.45, 2.75) is 24.3 Å². The molecule has 9 heteroatoms. The highest BCUT2D eigenvalue weighted by molar-refractivity contribution is 7.89. The lowest BCUT2D eigenvalue weighted by atomic mass is 10.2. The second-order valence-corrected chi connectivity index (χ2v) is 7.24. The Balaban J connectivity index is 2.48. The Morgan fingerprint density at radius 1 is 1.48 bits per heavy atom. The van der Waals surface area contributed by atoms with Gasteiger partial charge in [-0.15, -0.1) is 0 Å². The number of likely N-dealkylation sites (N-methyl/N-ethyl adjacent to an activating group) is 1. The number of nitrogens with zero attached hydrogens (tertiary/aromatic N) is 2. The van der Waals surface area contributed by atoms with E-state index < -0.39 is 20.6 Å². The lowest BCUT2D eigenvalue weighted by Crippen LogP contribution is -2.37. The van der Waals surface area contributed by atoms with Crippen LogP contribution >= 0.6 is 11.6 Å². The maximum Gasteiger partial charge on any atom is 0.289 e. The van der Waals surface area contributed by atoms with Crippen molar-refractivity contribution in [3.63, 3.8) is 0 Å². The van der Waals surface area contributed by atoms with E-state index >= 15 is 0 Å². The number of ether oxygens (including phenoxy) is 1. The third-order valence-electron chi connectivity index (χ3n) is 3.52. The van der Waals surface area contributed by atoms with E-state index in [1.807, 2.05) is 0 Å². The molecule has 0 spiro atoms. The van der Waals surface area contributed by atoms with Crippen LogP contribution in [0.4, 0.5) is 5.69 Å². The first-order valence-corrected chi connectivity index (χ1v) is 8.07. The number of halogens is 1. The van der Waals surface area contributed by atoms with Crippen molar-refractivity contribution in [2.75, 3.05) is 20.3 Å². The first kappa shape index (κ1) is 16.2. The summed E-state index contributed by atoms with van der Waals surface area (Å²) in [5, 5.41) is 10.9. The van der Waals surface area contributed by atoms with Gasteiger partial charge in [0.2, 0.25) is 10.0 Å². The lowest BCUT2D eigenvalue weighted by molar-refractivity contribution is -0.384. The maximum absolute atomic E-state index is 12.6. The molecule has 116 valence electrons. The van der Waals surface area contributed by atoms with E-state index in [0.29, 0.717) is 25.2 Å². The molecular weight excluding hydrogens is 320 g/mol. The Morgan fingerprint density at radius 3 is 2.67 bits per heavy atom. The highest BCUT2D eigenvalue weighted by atomic mass is 35.5. The van der Waals surface area contributed by atoms with Gasteiger partial charge in [0.25, 0.3) is 5.69 Å². The van der Waals surface area contributed by atoms with Crippen molar-refractivity contribution in [1.29, 1.82) is 0 Å². The van der Waals surface area contributed by atoms with Crippen LogP contribution in [0.2, 0.25) is 5.02 Å². The molecule has 7 nitrogen and oxygen atoms in total. The second kappa shape index (κ2) is 5.88. The summed E-state index contributed by atoms with van der Waals surface area (Å²) in [6, 6.07) is 2.05. The number of sulfonamides is 1. The molecule has 21 heavy (non-hydrogen) atoms. The molecule has 1 aliphatic heterocycles. The predicted molar refractivity (Wildman–Crippen MR) is 77.0 cm³/mol. The van der Waals surface area contributed by atoms with Gasteiger partial charge in [-0.05, 0) is 25.0 Å². The first-order chi connectivity index (χ1) is 9.75. The number of benzene rings is 1. The van der Waals surface area contributed by atoms with Crippen LogP contribution in [0.3, 0.4) is 0 Å². The van der Waals surface area contributed by atoms with E-state index in [9.17, 15) is 18.5 Å². The summed E-state index contributed by atoms with van der Waals surface area (Å²) in [7, 11) is -2.38. The molecule has 1 unspecified atom stereocenters. The number of nitro groups is 1. The van der Waals surface area contributed by atoms with Crippen molar-refractivity contribution >= 4 is 27.3 Å². The fourth-order valence-electron chi connectivity index (χ4n) is 2.22. The quantitative estimate of drug-likeness (QED) is 0.620. The van der Waals surface area contributed by atoms with Gasteiger partial charge in [0.1, 0.15) is 5.02 Å². The maximum atomic E-state index is 12.6. The monoisotopic (exact) mass is 334 g/mol. The van der Waals surface area contributed by atoms with E-state index in [4.69, 9.17) is 16.3 Å². The van der Waals surface area contributed by atoms with E-state index in [2.05, 4.69) is 0 Å². The minimum atomic E-state index is -3.84. The fourth-order valence-corrected chi connectivity index (χ4v) is 4.10.